The molecule has 1 aliphatic heterocycles. The van der Waals surface area contributed by atoms with Crippen LogP contribution < -0.4 is 11.1 Å². The number of dihydropyridines is 1. The normalized spacial score (nSPS) is 20.9. The van der Waals surface area contributed by atoms with E-state index in [-0.39, 0.29) is 17.8 Å². The highest BCUT2D eigenvalue weighted by atomic mass is 16.5. The summed E-state index contributed by atoms with van der Waals surface area (Å²) in [6.45, 7) is 9.73. The Labute approximate surface area is 171 Å². The maximum absolute atomic E-state index is 13.2. The number of nitrogens with one attached hydrogen (secondary N) is 1. The summed E-state index contributed by atoms with van der Waals surface area (Å²) < 4.78 is 7.64. The van der Waals surface area contributed by atoms with Crippen LogP contribution in [0.1, 0.15) is 44.7 Å². The number of aromatic nitrogens is 2. The van der Waals surface area contributed by atoms with Gasteiger partial charge in [0.15, 0.2) is 5.78 Å². The van der Waals surface area contributed by atoms with Gasteiger partial charge in [-0.15, -0.1) is 6.58 Å². The van der Waals surface area contributed by atoms with Crippen LogP contribution in [-0.4, -0.2) is 35.1 Å². The molecule has 29 heavy (non-hydrogen) atoms. The lowest BCUT2D eigenvalue weighted by atomic mass is 9.69. The molecule has 0 bridgehead atoms. The number of hydrogen-bond acceptors (Lipinski definition) is 6. The second kappa shape index (κ2) is 8.76. The summed E-state index contributed by atoms with van der Waals surface area (Å²) in [4.78, 5) is 17.5. The average Bonchev–Trinajstić information content (AvgIpc) is 3.12. The molecule has 3 rings (SSSR count). The maximum Gasteiger partial charge on any atom is 0.162 e. The highest BCUT2D eigenvalue weighted by molar-refractivity contribution is 6.00. The Bertz CT molecular complexity index is 901. The minimum Gasteiger partial charge on any atom is -0.374 e. The third-order valence-electron chi connectivity index (χ3n) is 5.37. The number of imidazole rings is 1. The van der Waals surface area contributed by atoms with Crippen LogP contribution in [0.2, 0.25) is 0 Å². The molecule has 154 valence electrons. The topological polar surface area (TPSA) is 106 Å². The number of ketones is 1. The van der Waals surface area contributed by atoms with Crippen molar-refractivity contribution in [2.24, 2.45) is 11.1 Å². The maximum atomic E-state index is 13.2. The van der Waals surface area contributed by atoms with Crippen LogP contribution in [0, 0.1) is 16.7 Å². The van der Waals surface area contributed by atoms with Crippen molar-refractivity contribution in [3.05, 3.63) is 53.4 Å². The molecule has 1 atom stereocenters. The van der Waals surface area contributed by atoms with Crippen molar-refractivity contribution < 1.29 is 9.53 Å². The van der Waals surface area contributed by atoms with Crippen molar-refractivity contribution in [1.29, 1.82) is 5.26 Å². The van der Waals surface area contributed by atoms with E-state index < -0.39 is 5.92 Å². The summed E-state index contributed by atoms with van der Waals surface area (Å²) in [5.74, 6) is -0.358. The number of carbonyl (C=O) groups excluding carboxylic acids is 1. The molecule has 1 unspecified atom stereocenters. The number of nitrogens with two attached hydrogens (primary N) is 1. The van der Waals surface area contributed by atoms with Crippen LogP contribution in [0.5, 0.6) is 0 Å². The number of allylic oxidation sites excluding steroid dienone is 4. The molecule has 3 N–H and O–H groups in total. The predicted molar refractivity (Wildman–Crippen MR) is 110 cm³/mol. The second-order valence-corrected chi connectivity index (χ2v) is 8.33. The van der Waals surface area contributed by atoms with Crippen LogP contribution in [0.25, 0.3) is 0 Å². The minimum atomic E-state index is -0.441. The van der Waals surface area contributed by atoms with E-state index in [1.807, 2.05) is 10.6 Å². The van der Waals surface area contributed by atoms with Crippen molar-refractivity contribution in [3.63, 3.8) is 0 Å². The number of hydrogen-bond donors (Lipinski definition) is 2. The van der Waals surface area contributed by atoms with Crippen LogP contribution in [-0.2, 0) is 16.1 Å². The SMILES string of the molecule is C=CCCn1cncc1C1C(C#N)=C(COCCN)NC2=C1C(=O)CC(C)(C)C2. The van der Waals surface area contributed by atoms with Crippen molar-refractivity contribution in [2.45, 2.75) is 45.6 Å². The van der Waals surface area contributed by atoms with Gasteiger partial charge in [-0.05, 0) is 18.3 Å². The number of carbonyl (C=O) groups is 1. The molecule has 0 amide bonds. The van der Waals surface area contributed by atoms with Crippen molar-refractivity contribution in [2.75, 3.05) is 19.8 Å². The van der Waals surface area contributed by atoms with E-state index in [1.54, 1.807) is 12.5 Å². The number of aryl methyl sites for hydroxylation is 1. The lowest BCUT2D eigenvalue weighted by Gasteiger charge is -2.39. The fourth-order valence-corrected chi connectivity index (χ4v) is 4.14. The van der Waals surface area contributed by atoms with E-state index in [1.165, 1.54) is 0 Å². The molecule has 0 saturated heterocycles. The second-order valence-electron chi connectivity index (χ2n) is 8.33. The molecule has 0 aromatic carbocycles. The summed E-state index contributed by atoms with van der Waals surface area (Å²) in [6, 6.07) is 2.34. The van der Waals surface area contributed by atoms with Crippen molar-refractivity contribution in [3.8, 4) is 6.07 Å². The molecule has 7 nitrogen and oxygen atoms in total. The zero-order valence-electron chi connectivity index (χ0n) is 17.2. The highest BCUT2D eigenvalue weighted by Gasteiger charge is 2.42. The van der Waals surface area contributed by atoms with Gasteiger partial charge in [-0.2, -0.15) is 5.26 Å². The van der Waals surface area contributed by atoms with E-state index in [4.69, 9.17) is 10.5 Å². The molecule has 2 heterocycles. The largest absolute Gasteiger partial charge is 0.374 e. The standard InChI is InChI=1S/C22H29N5O2/c1-4-5-7-27-14-25-12-18(27)20-15(11-24)17(13-29-8-6-23)26-16-9-22(2,3)10-19(28)21(16)20/h4,12,14,20,26H,1,5-10,13,23H2,2-3H3. The summed E-state index contributed by atoms with van der Waals surface area (Å²) in [5.41, 5.74) is 9.04. The first-order chi connectivity index (χ1) is 13.9. The Morgan fingerprint density at radius 2 is 2.31 bits per heavy atom. The van der Waals surface area contributed by atoms with Gasteiger partial charge in [0.1, 0.15) is 0 Å². The number of ether oxygens (including phenoxy) is 1. The van der Waals surface area contributed by atoms with E-state index in [2.05, 4.69) is 36.8 Å². The molecule has 0 fully saturated rings. The van der Waals surface area contributed by atoms with Crippen molar-refractivity contribution in [1.82, 2.24) is 14.9 Å². The number of nitriles is 1. The number of rotatable bonds is 8. The zero-order valence-corrected chi connectivity index (χ0v) is 17.2. The van der Waals surface area contributed by atoms with E-state index in [0.717, 1.165) is 24.2 Å². The first-order valence-electron chi connectivity index (χ1n) is 9.97. The third-order valence-corrected chi connectivity index (χ3v) is 5.37. The van der Waals surface area contributed by atoms with Crippen LogP contribution in [0.4, 0.5) is 0 Å². The number of nitrogens with zero attached hydrogens (tertiary/aromatic N) is 3. The molecule has 0 radical (unpaired) electrons. The van der Waals surface area contributed by atoms with E-state index in [9.17, 15) is 10.1 Å². The Balaban J connectivity index is 2.10. The van der Waals surface area contributed by atoms with Crippen molar-refractivity contribution >= 4 is 5.78 Å². The van der Waals surface area contributed by atoms with Crippen LogP contribution >= 0.6 is 0 Å². The molecular formula is C22H29N5O2. The quantitative estimate of drug-likeness (QED) is 0.518. The number of Topliss-reactive ketones (excluding diaryl/α,β-unsaturated/α-hetero) is 1. The highest BCUT2D eigenvalue weighted by Crippen LogP contribution is 2.46. The van der Waals surface area contributed by atoms with Gasteiger partial charge in [0.05, 0.1) is 48.5 Å². The Kier molecular flexibility index (Phi) is 6.36. The van der Waals surface area contributed by atoms with Gasteiger partial charge in [-0.25, -0.2) is 4.98 Å². The third kappa shape index (κ3) is 4.34. The smallest absolute Gasteiger partial charge is 0.162 e. The predicted octanol–water partition coefficient (Wildman–Crippen LogP) is 2.54. The van der Waals surface area contributed by atoms with Gasteiger partial charge >= 0.3 is 0 Å². The molecule has 1 aromatic heterocycles. The lowest BCUT2D eigenvalue weighted by molar-refractivity contribution is -0.118. The van der Waals surface area contributed by atoms with Gasteiger partial charge in [-0.3, -0.25) is 4.79 Å². The summed E-state index contributed by atoms with van der Waals surface area (Å²) in [7, 11) is 0. The molecule has 1 aliphatic carbocycles. The van der Waals surface area contributed by atoms with E-state index >= 15 is 0 Å². The van der Waals surface area contributed by atoms with E-state index in [0.29, 0.717) is 43.0 Å². The molecule has 2 aliphatic rings. The monoisotopic (exact) mass is 395 g/mol. The van der Waals surface area contributed by atoms with Gasteiger partial charge in [0.25, 0.3) is 0 Å². The van der Waals surface area contributed by atoms with Gasteiger partial charge in [0, 0.05) is 37.0 Å². The fraction of sp³-hybridized carbons (Fsp3) is 0.500. The molecule has 0 spiro atoms. The van der Waals surface area contributed by atoms with Crippen LogP contribution in [0.15, 0.2) is 47.7 Å². The van der Waals surface area contributed by atoms with Gasteiger partial charge in [-0.1, -0.05) is 19.9 Å². The first-order valence-corrected chi connectivity index (χ1v) is 9.97. The molecular weight excluding hydrogens is 366 g/mol. The van der Waals surface area contributed by atoms with Gasteiger partial charge < -0.3 is 20.4 Å². The Morgan fingerprint density at radius 1 is 1.52 bits per heavy atom. The molecule has 1 aromatic rings. The fourth-order valence-electron chi connectivity index (χ4n) is 4.14. The summed E-state index contributed by atoms with van der Waals surface area (Å²) in [6.07, 6.45) is 7.33. The zero-order chi connectivity index (χ0) is 21.0. The summed E-state index contributed by atoms with van der Waals surface area (Å²) in [5, 5.41) is 13.4. The summed E-state index contributed by atoms with van der Waals surface area (Å²) >= 11 is 0. The Hall–Kier alpha value is -2.69. The Morgan fingerprint density at radius 3 is 3.00 bits per heavy atom. The minimum absolute atomic E-state index is 0.0832. The molecule has 7 heteroatoms. The van der Waals surface area contributed by atoms with Gasteiger partial charge in [0.2, 0.25) is 0 Å². The van der Waals surface area contributed by atoms with Crippen LogP contribution in [0.3, 0.4) is 0 Å². The lowest BCUT2D eigenvalue weighted by Crippen LogP contribution is -2.38. The average molecular weight is 396 g/mol. The molecule has 0 saturated carbocycles. The first kappa shape index (κ1) is 21.0.